The second-order valence-electron chi connectivity index (χ2n) is 9.63. The molecule has 0 saturated carbocycles. The van der Waals surface area contributed by atoms with Gasteiger partial charge in [0.1, 0.15) is 17.5 Å². The molecule has 2 aliphatic rings. The van der Waals surface area contributed by atoms with Crippen molar-refractivity contribution in [3.8, 4) is 11.1 Å². The van der Waals surface area contributed by atoms with Gasteiger partial charge in [-0.15, -0.1) is 0 Å². The Morgan fingerprint density at radius 3 is 2.89 bits per heavy atom. The Kier molecular flexibility index (Phi) is 4.97. The third-order valence-electron chi connectivity index (χ3n) is 7.32. The van der Waals surface area contributed by atoms with Gasteiger partial charge in [-0.05, 0) is 42.5 Å². The largest absolute Gasteiger partial charge is 0.387 e. The molecular formula is C27H25FN8O. The number of anilines is 3. The minimum absolute atomic E-state index is 0.340. The van der Waals surface area contributed by atoms with Crippen LogP contribution in [0.25, 0.3) is 21.9 Å². The third kappa shape index (κ3) is 3.72. The molecule has 6 heterocycles. The summed E-state index contributed by atoms with van der Waals surface area (Å²) < 4.78 is 19.4. The summed E-state index contributed by atoms with van der Waals surface area (Å²) in [5.74, 6) is 1.99. The molecule has 0 spiro atoms. The van der Waals surface area contributed by atoms with Crippen molar-refractivity contribution >= 4 is 28.1 Å². The Morgan fingerprint density at radius 2 is 1.97 bits per heavy atom. The fourth-order valence-electron chi connectivity index (χ4n) is 5.33. The van der Waals surface area contributed by atoms with Gasteiger partial charge in [-0.25, -0.2) is 14.4 Å². The first-order chi connectivity index (χ1) is 18.0. The van der Waals surface area contributed by atoms with Crippen LogP contribution in [0.1, 0.15) is 35.3 Å². The molecule has 7 rings (SSSR count). The zero-order valence-electron chi connectivity index (χ0n) is 20.2. The van der Waals surface area contributed by atoms with Crippen molar-refractivity contribution in [2.45, 2.75) is 39.0 Å². The highest BCUT2D eigenvalue weighted by molar-refractivity contribution is 5.90. The van der Waals surface area contributed by atoms with Gasteiger partial charge in [0.15, 0.2) is 5.82 Å². The number of aryl methyl sites for hydroxylation is 2. The summed E-state index contributed by atoms with van der Waals surface area (Å²) in [6.07, 6.45) is 8.00. The van der Waals surface area contributed by atoms with Crippen molar-refractivity contribution in [1.82, 2.24) is 29.3 Å². The van der Waals surface area contributed by atoms with Crippen LogP contribution in [0.5, 0.6) is 0 Å². The zero-order chi connectivity index (χ0) is 25.1. The summed E-state index contributed by atoms with van der Waals surface area (Å²) in [4.78, 5) is 13.4. The Labute approximate surface area is 212 Å². The van der Waals surface area contributed by atoms with Crippen LogP contribution in [0, 0.1) is 12.7 Å². The maximum atomic E-state index is 15.2. The maximum absolute atomic E-state index is 15.2. The van der Waals surface area contributed by atoms with E-state index < -0.39 is 6.10 Å². The molecule has 2 aliphatic heterocycles. The molecule has 0 bridgehead atoms. The summed E-state index contributed by atoms with van der Waals surface area (Å²) in [6.45, 7) is 4.08. The number of benzene rings is 1. The number of hydrogen-bond acceptors (Lipinski definition) is 7. The van der Waals surface area contributed by atoms with Gasteiger partial charge in [0, 0.05) is 72.6 Å². The molecule has 0 saturated heterocycles. The molecule has 37 heavy (non-hydrogen) atoms. The van der Waals surface area contributed by atoms with Crippen molar-refractivity contribution < 1.29 is 9.50 Å². The van der Waals surface area contributed by atoms with Gasteiger partial charge in [-0.1, -0.05) is 0 Å². The number of aliphatic hydroxyl groups is 1. The molecule has 9 nitrogen and oxygen atoms in total. The van der Waals surface area contributed by atoms with Crippen LogP contribution in [-0.4, -0.2) is 41.0 Å². The molecule has 0 radical (unpaired) electrons. The van der Waals surface area contributed by atoms with Gasteiger partial charge in [0.2, 0.25) is 0 Å². The summed E-state index contributed by atoms with van der Waals surface area (Å²) in [7, 11) is 0. The van der Waals surface area contributed by atoms with E-state index >= 15 is 4.39 Å². The zero-order valence-corrected chi connectivity index (χ0v) is 20.2. The number of nitrogens with one attached hydrogen (secondary N) is 2. The van der Waals surface area contributed by atoms with Crippen LogP contribution in [0.3, 0.4) is 0 Å². The van der Waals surface area contributed by atoms with Crippen molar-refractivity contribution in [3.63, 3.8) is 0 Å². The Bertz CT molecular complexity index is 1670. The predicted molar refractivity (Wildman–Crippen MR) is 138 cm³/mol. The summed E-state index contributed by atoms with van der Waals surface area (Å²) in [5, 5.41) is 23.2. The second-order valence-corrected chi connectivity index (χ2v) is 9.63. The third-order valence-corrected chi connectivity index (χ3v) is 7.32. The highest BCUT2D eigenvalue weighted by Gasteiger charge is 2.23. The van der Waals surface area contributed by atoms with Crippen LogP contribution >= 0.6 is 0 Å². The number of aromatic nitrogens is 6. The van der Waals surface area contributed by atoms with Crippen LogP contribution in [0.4, 0.5) is 21.7 Å². The van der Waals surface area contributed by atoms with Crippen LogP contribution in [0.2, 0.25) is 0 Å². The Morgan fingerprint density at radius 1 is 1.05 bits per heavy atom. The number of imidazole rings is 1. The van der Waals surface area contributed by atoms with Crippen LogP contribution in [-0.2, 0) is 19.5 Å². The van der Waals surface area contributed by atoms with Crippen molar-refractivity contribution in [1.29, 1.82) is 0 Å². The standard InChI is InChI=1S/C27H25FN8O/c1-15-20(13-32-27-22(37)2-4-30-26(15)27)19-8-16-10-23(31-12-17(16)9-21(19)28)33-24-11-18-3-6-35-7-5-29-25(35)14-36(18)34-24/h5,7-13,22,30,37H,2-4,6,14H2,1H3,(H,31,33,34)/t22-/m1/s1. The van der Waals surface area contributed by atoms with Gasteiger partial charge >= 0.3 is 0 Å². The number of fused-ring (bicyclic) bond motifs is 4. The van der Waals surface area contributed by atoms with Crippen molar-refractivity contribution in [3.05, 3.63) is 77.6 Å². The predicted octanol–water partition coefficient (Wildman–Crippen LogP) is 4.33. The quantitative estimate of drug-likeness (QED) is 0.341. The molecular weight excluding hydrogens is 471 g/mol. The van der Waals surface area contributed by atoms with E-state index in [2.05, 4.69) is 30.2 Å². The number of rotatable bonds is 3. The first kappa shape index (κ1) is 21.9. The summed E-state index contributed by atoms with van der Waals surface area (Å²) >= 11 is 0. The molecule has 0 amide bonds. The van der Waals surface area contributed by atoms with E-state index in [9.17, 15) is 5.11 Å². The van der Waals surface area contributed by atoms with E-state index in [1.54, 1.807) is 12.4 Å². The van der Waals surface area contributed by atoms with Crippen molar-refractivity contribution in [2.75, 3.05) is 17.2 Å². The van der Waals surface area contributed by atoms with E-state index in [1.165, 1.54) is 6.07 Å². The minimum atomic E-state index is -0.607. The van der Waals surface area contributed by atoms with E-state index in [-0.39, 0.29) is 5.82 Å². The highest BCUT2D eigenvalue weighted by Crippen LogP contribution is 2.38. The monoisotopic (exact) mass is 496 g/mol. The van der Waals surface area contributed by atoms with Gasteiger partial charge in [-0.2, -0.15) is 5.10 Å². The van der Waals surface area contributed by atoms with Crippen molar-refractivity contribution in [2.24, 2.45) is 0 Å². The number of halogens is 1. The molecule has 1 aromatic carbocycles. The lowest BCUT2D eigenvalue weighted by Gasteiger charge is -2.25. The average molecular weight is 497 g/mol. The second kappa shape index (κ2) is 8.38. The normalized spacial score (nSPS) is 16.5. The number of hydrogen-bond donors (Lipinski definition) is 3. The lowest BCUT2D eigenvalue weighted by molar-refractivity contribution is 0.163. The average Bonchev–Trinajstić information content (AvgIpc) is 3.46. The minimum Gasteiger partial charge on any atom is -0.387 e. The highest BCUT2D eigenvalue weighted by atomic mass is 19.1. The van der Waals surface area contributed by atoms with E-state index in [0.29, 0.717) is 53.4 Å². The fraction of sp³-hybridized carbons (Fsp3) is 0.259. The maximum Gasteiger partial charge on any atom is 0.153 e. The van der Waals surface area contributed by atoms with Gasteiger partial charge < -0.3 is 20.3 Å². The molecule has 186 valence electrons. The van der Waals surface area contributed by atoms with E-state index in [1.807, 2.05) is 42.2 Å². The number of aliphatic hydroxyl groups excluding tert-OH is 1. The smallest absolute Gasteiger partial charge is 0.153 e. The molecule has 1 atom stereocenters. The SMILES string of the molecule is Cc1c(-c2cc3cc(Nc4cc5n(n4)Cc4nccn4CC5)ncc3cc2F)cnc2c1NCC[C@H]2O. The number of pyridine rings is 2. The Hall–Kier alpha value is -4.31. The molecule has 0 aliphatic carbocycles. The van der Waals surface area contributed by atoms with E-state index in [4.69, 9.17) is 5.10 Å². The molecule has 0 unspecified atom stereocenters. The molecule has 0 fully saturated rings. The number of nitrogens with zero attached hydrogens (tertiary/aromatic N) is 6. The topological polar surface area (TPSA) is 106 Å². The van der Waals surface area contributed by atoms with Gasteiger partial charge in [0.05, 0.1) is 24.0 Å². The molecule has 3 N–H and O–H groups in total. The fourth-order valence-corrected chi connectivity index (χ4v) is 5.33. The molecule has 4 aromatic heterocycles. The van der Waals surface area contributed by atoms with Crippen LogP contribution in [0.15, 0.2) is 49.1 Å². The lowest BCUT2D eigenvalue weighted by atomic mass is 9.95. The summed E-state index contributed by atoms with van der Waals surface area (Å²) in [6, 6.07) is 7.27. The Balaban J connectivity index is 1.22. The molecule has 5 aromatic rings. The van der Waals surface area contributed by atoms with Crippen LogP contribution < -0.4 is 10.6 Å². The summed E-state index contributed by atoms with van der Waals surface area (Å²) in [5.41, 5.74) is 4.56. The van der Waals surface area contributed by atoms with Gasteiger partial charge in [0.25, 0.3) is 0 Å². The van der Waals surface area contributed by atoms with Gasteiger partial charge in [-0.3, -0.25) is 9.67 Å². The first-order valence-corrected chi connectivity index (χ1v) is 12.4. The molecule has 10 heteroatoms. The van der Waals surface area contributed by atoms with E-state index in [0.717, 1.165) is 41.1 Å². The lowest BCUT2D eigenvalue weighted by Crippen LogP contribution is -2.19. The first-order valence-electron chi connectivity index (χ1n) is 12.4.